The Morgan fingerprint density at radius 1 is 1.47 bits per heavy atom. The third-order valence-corrected chi connectivity index (χ3v) is 4.85. The minimum Gasteiger partial charge on any atom is -0.317 e. The molecular formula is C11H21ClN4O2S. The van der Waals surface area contributed by atoms with Crippen molar-refractivity contribution in [3.63, 3.8) is 0 Å². The molecule has 1 aromatic rings. The molecule has 0 amide bonds. The van der Waals surface area contributed by atoms with Gasteiger partial charge >= 0.3 is 0 Å². The average Bonchev–Trinajstić information content (AvgIpc) is 2.76. The van der Waals surface area contributed by atoms with Crippen molar-refractivity contribution in [1.29, 1.82) is 0 Å². The van der Waals surface area contributed by atoms with Crippen LogP contribution in [0, 0.1) is 5.41 Å². The molecule has 0 atom stereocenters. The van der Waals surface area contributed by atoms with Crippen molar-refractivity contribution < 1.29 is 8.42 Å². The van der Waals surface area contributed by atoms with Crippen molar-refractivity contribution >= 4 is 22.4 Å². The van der Waals surface area contributed by atoms with E-state index in [-0.39, 0.29) is 22.7 Å². The van der Waals surface area contributed by atoms with Gasteiger partial charge in [0.25, 0.3) is 0 Å². The predicted molar refractivity (Wildman–Crippen MR) is 75.9 cm³/mol. The number of nitrogens with one attached hydrogen (secondary N) is 2. The molecule has 19 heavy (non-hydrogen) atoms. The normalized spacial score (nSPS) is 18.8. The largest absolute Gasteiger partial charge is 0.317 e. The molecule has 1 aromatic heterocycles. The molecule has 2 rings (SSSR count). The molecule has 0 bridgehead atoms. The summed E-state index contributed by atoms with van der Waals surface area (Å²) in [6.07, 6.45) is 4.85. The van der Waals surface area contributed by atoms with Gasteiger partial charge in [-0.25, -0.2) is 13.1 Å². The van der Waals surface area contributed by atoms with E-state index in [0.29, 0.717) is 6.54 Å². The van der Waals surface area contributed by atoms with E-state index in [1.54, 1.807) is 7.05 Å². The predicted octanol–water partition coefficient (Wildman–Crippen LogP) is 0.510. The highest BCUT2D eigenvalue weighted by Crippen LogP contribution is 2.27. The first-order valence-electron chi connectivity index (χ1n) is 6.10. The summed E-state index contributed by atoms with van der Waals surface area (Å²) in [5.74, 6) is 0. The molecule has 1 saturated heterocycles. The Morgan fingerprint density at radius 3 is 2.63 bits per heavy atom. The molecule has 0 saturated carbocycles. The lowest BCUT2D eigenvalue weighted by atomic mass is 9.81. The molecule has 8 heteroatoms. The second kappa shape index (κ2) is 6.21. The van der Waals surface area contributed by atoms with Gasteiger partial charge in [-0.15, -0.1) is 12.4 Å². The van der Waals surface area contributed by atoms with Crippen molar-refractivity contribution in [2.75, 3.05) is 19.6 Å². The van der Waals surface area contributed by atoms with Gasteiger partial charge in [0.15, 0.2) is 0 Å². The first kappa shape index (κ1) is 16.4. The van der Waals surface area contributed by atoms with Gasteiger partial charge in [-0.1, -0.05) is 6.92 Å². The third kappa shape index (κ3) is 4.17. The van der Waals surface area contributed by atoms with Crippen molar-refractivity contribution in [2.45, 2.75) is 24.7 Å². The summed E-state index contributed by atoms with van der Waals surface area (Å²) in [6, 6.07) is 0. The minimum absolute atomic E-state index is 0. The van der Waals surface area contributed by atoms with E-state index in [4.69, 9.17) is 0 Å². The van der Waals surface area contributed by atoms with E-state index in [1.165, 1.54) is 17.1 Å². The van der Waals surface area contributed by atoms with Crippen LogP contribution in [-0.2, 0) is 17.1 Å². The monoisotopic (exact) mass is 308 g/mol. The standard InChI is InChI=1S/C11H20N4O2S.ClH/c1-11(3-5-12-6-4-11)9-14-18(16,17)10-7-13-15(2)8-10;/h7-8,12,14H,3-6,9H2,1-2H3;1H. The Balaban J connectivity index is 0.00000180. The second-order valence-electron chi connectivity index (χ2n) is 5.23. The molecule has 1 fully saturated rings. The Labute approximate surface area is 120 Å². The Bertz CT molecular complexity index is 509. The third-order valence-electron chi connectivity index (χ3n) is 3.49. The molecule has 1 aliphatic heterocycles. The van der Waals surface area contributed by atoms with Crippen LogP contribution in [0.5, 0.6) is 0 Å². The lowest BCUT2D eigenvalue weighted by molar-refractivity contribution is 0.232. The fraction of sp³-hybridized carbons (Fsp3) is 0.727. The topological polar surface area (TPSA) is 76.0 Å². The van der Waals surface area contributed by atoms with Crippen LogP contribution < -0.4 is 10.0 Å². The van der Waals surface area contributed by atoms with Crippen LogP contribution in [0.1, 0.15) is 19.8 Å². The summed E-state index contributed by atoms with van der Waals surface area (Å²) in [6.45, 7) is 4.50. The zero-order valence-electron chi connectivity index (χ0n) is 11.2. The maximum absolute atomic E-state index is 12.1. The van der Waals surface area contributed by atoms with Crippen LogP contribution in [0.2, 0.25) is 0 Å². The van der Waals surface area contributed by atoms with E-state index in [1.807, 2.05) is 0 Å². The molecule has 110 valence electrons. The molecule has 1 aliphatic rings. The molecule has 0 unspecified atom stereocenters. The SMILES string of the molecule is Cl.Cn1cc(S(=O)(=O)NCC2(C)CCNCC2)cn1. The second-order valence-corrected chi connectivity index (χ2v) is 7.00. The van der Waals surface area contributed by atoms with Gasteiger partial charge in [0, 0.05) is 19.8 Å². The summed E-state index contributed by atoms with van der Waals surface area (Å²) in [5, 5.41) is 7.16. The van der Waals surface area contributed by atoms with Crippen LogP contribution >= 0.6 is 12.4 Å². The number of sulfonamides is 1. The lowest BCUT2D eigenvalue weighted by Gasteiger charge is -2.33. The molecular weight excluding hydrogens is 288 g/mol. The maximum atomic E-state index is 12.1. The Kier molecular flexibility index (Phi) is 5.37. The average molecular weight is 309 g/mol. The van der Waals surface area contributed by atoms with Gasteiger partial charge in [-0.3, -0.25) is 4.68 Å². The van der Waals surface area contributed by atoms with Crippen LogP contribution in [0.4, 0.5) is 0 Å². The maximum Gasteiger partial charge on any atom is 0.243 e. The first-order valence-corrected chi connectivity index (χ1v) is 7.59. The fourth-order valence-corrected chi connectivity index (χ4v) is 3.28. The summed E-state index contributed by atoms with van der Waals surface area (Å²) >= 11 is 0. The van der Waals surface area contributed by atoms with E-state index in [9.17, 15) is 8.42 Å². The van der Waals surface area contributed by atoms with Crippen LogP contribution in [0.15, 0.2) is 17.3 Å². The molecule has 6 nitrogen and oxygen atoms in total. The van der Waals surface area contributed by atoms with Crippen molar-refractivity contribution in [3.8, 4) is 0 Å². The summed E-state index contributed by atoms with van der Waals surface area (Å²) in [4.78, 5) is 0.225. The van der Waals surface area contributed by atoms with Gasteiger partial charge in [0.05, 0.1) is 6.20 Å². The van der Waals surface area contributed by atoms with E-state index in [0.717, 1.165) is 25.9 Å². The summed E-state index contributed by atoms with van der Waals surface area (Å²) in [5.41, 5.74) is 0.0422. The lowest BCUT2D eigenvalue weighted by Crippen LogP contribution is -2.42. The number of aromatic nitrogens is 2. The quantitative estimate of drug-likeness (QED) is 0.850. The number of hydrogen-bond acceptors (Lipinski definition) is 4. The van der Waals surface area contributed by atoms with Gasteiger partial charge in [0.1, 0.15) is 4.90 Å². The fourth-order valence-electron chi connectivity index (χ4n) is 2.10. The molecule has 0 spiro atoms. The number of aryl methyl sites for hydroxylation is 1. The first-order chi connectivity index (χ1) is 8.41. The number of nitrogens with zero attached hydrogens (tertiary/aromatic N) is 2. The highest BCUT2D eigenvalue weighted by molar-refractivity contribution is 7.89. The van der Waals surface area contributed by atoms with Gasteiger partial charge in [-0.2, -0.15) is 5.10 Å². The Morgan fingerprint density at radius 2 is 2.11 bits per heavy atom. The zero-order valence-corrected chi connectivity index (χ0v) is 12.9. The number of rotatable bonds is 4. The van der Waals surface area contributed by atoms with Crippen LogP contribution in [0.25, 0.3) is 0 Å². The number of hydrogen-bond donors (Lipinski definition) is 2. The minimum atomic E-state index is -3.43. The van der Waals surface area contributed by atoms with Gasteiger partial charge in [0.2, 0.25) is 10.0 Å². The van der Waals surface area contributed by atoms with E-state index >= 15 is 0 Å². The van der Waals surface area contributed by atoms with Crippen molar-refractivity contribution in [1.82, 2.24) is 19.8 Å². The highest BCUT2D eigenvalue weighted by atomic mass is 35.5. The van der Waals surface area contributed by atoms with Gasteiger partial charge < -0.3 is 5.32 Å². The number of halogens is 1. The molecule has 2 N–H and O–H groups in total. The van der Waals surface area contributed by atoms with Crippen molar-refractivity contribution in [3.05, 3.63) is 12.4 Å². The summed E-state index contributed by atoms with van der Waals surface area (Å²) in [7, 11) is -1.73. The van der Waals surface area contributed by atoms with E-state index < -0.39 is 10.0 Å². The molecule has 0 radical (unpaired) electrons. The van der Waals surface area contributed by atoms with Crippen LogP contribution in [-0.4, -0.2) is 37.8 Å². The van der Waals surface area contributed by atoms with E-state index in [2.05, 4.69) is 22.1 Å². The summed E-state index contributed by atoms with van der Waals surface area (Å²) < 4.78 is 28.3. The van der Waals surface area contributed by atoms with Crippen LogP contribution in [0.3, 0.4) is 0 Å². The van der Waals surface area contributed by atoms with Crippen molar-refractivity contribution in [2.24, 2.45) is 12.5 Å². The highest BCUT2D eigenvalue weighted by Gasteiger charge is 2.28. The smallest absolute Gasteiger partial charge is 0.243 e. The molecule has 0 aliphatic carbocycles. The molecule has 0 aromatic carbocycles. The Hall–Kier alpha value is -0.630. The number of piperidine rings is 1. The molecule has 2 heterocycles. The zero-order chi connectivity index (χ0) is 13.2. The van der Waals surface area contributed by atoms with Gasteiger partial charge in [-0.05, 0) is 31.3 Å².